The van der Waals surface area contributed by atoms with Crippen molar-refractivity contribution in [1.82, 2.24) is 0 Å². The normalized spacial score (nSPS) is 13.8. The van der Waals surface area contributed by atoms with Crippen LogP contribution in [0.25, 0.3) is 0 Å². The first-order valence-electron chi connectivity index (χ1n) is 10.2. The van der Waals surface area contributed by atoms with Crippen LogP contribution >= 0.6 is 0 Å². The van der Waals surface area contributed by atoms with Crippen LogP contribution in [0.3, 0.4) is 0 Å². The maximum Gasteiger partial charge on any atom is 0.200 e. The van der Waals surface area contributed by atoms with Gasteiger partial charge in [0.15, 0.2) is 11.6 Å². The molecule has 0 aliphatic rings. The highest BCUT2D eigenvalue weighted by atomic mass is 19.2. The molecule has 33 heavy (non-hydrogen) atoms. The van der Waals surface area contributed by atoms with Gasteiger partial charge in [-0.1, -0.05) is 63.8 Å². The van der Waals surface area contributed by atoms with E-state index in [2.05, 4.69) is 46.1 Å². The molecule has 0 spiro atoms. The Hall–Kier alpha value is -3.31. The molecule has 0 aromatic carbocycles. The van der Waals surface area contributed by atoms with Crippen LogP contribution in [-0.2, 0) is 4.74 Å². The Morgan fingerprint density at radius 2 is 1.45 bits per heavy atom. The molecule has 0 aromatic heterocycles. The van der Waals surface area contributed by atoms with Gasteiger partial charge in [0.2, 0.25) is 5.83 Å². The molecule has 178 valence electrons. The Kier molecular flexibility index (Phi) is 13.2. The summed E-state index contributed by atoms with van der Waals surface area (Å²) in [7, 11) is 0. The Morgan fingerprint density at radius 3 is 1.97 bits per heavy atom. The minimum Gasteiger partial charge on any atom is -0.491 e. The van der Waals surface area contributed by atoms with Crippen LogP contribution in [0.5, 0.6) is 0 Å². The van der Waals surface area contributed by atoms with Gasteiger partial charge in [-0.15, -0.1) is 6.58 Å². The van der Waals surface area contributed by atoms with Gasteiger partial charge in [0.1, 0.15) is 5.83 Å². The Bertz CT molecular complexity index is 954. The molecule has 0 aliphatic carbocycles. The maximum absolute atomic E-state index is 14.5. The molecule has 1 N–H and O–H groups in total. The molecule has 5 heteroatoms. The zero-order valence-electron chi connectivity index (χ0n) is 19.5. The fourth-order valence-corrected chi connectivity index (χ4v) is 2.11. The van der Waals surface area contributed by atoms with Crippen LogP contribution < -0.4 is 0 Å². The van der Waals surface area contributed by atoms with Crippen molar-refractivity contribution in [2.75, 3.05) is 6.61 Å². The van der Waals surface area contributed by atoms with E-state index in [1.165, 1.54) is 18.2 Å². The zero-order chi connectivity index (χ0) is 25.7. The summed E-state index contributed by atoms with van der Waals surface area (Å²) in [6.07, 6.45) is 7.57. The van der Waals surface area contributed by atoms with E-state index in [-0.39, 0.29) is 28.9 Å². The number of hydrogen-bond acceptors (Lipinski definition) is 2. The average Bonchev–Trinajstić information content (AvgIpc) is 2.78. The summed E-state index contributed by atoms with van der Waals surface area (Å²) >= 11 is 0. The molecule has 1 atom stereocenters. The van der Waals surface area contributed by atoms with Gasteiger partial charge in [0.05, 0.1) is 12.7 Å². The van der Waals surface area contributed by atoms with Crippen molar-refractivity contribution < 1.29 is 23.0 Å². The summed E-state index contributed by atoms with van der Waals surface area (Å²) < 4.78 is 48.0. The number of halogens is 3. The van der Waals surface area contributed by atoms with Crippen LogP contribution in [0, 0.1) is 0 Å². The molecule has 0 fully saturated rings. The smallest absolute Gasteiger partial charge is 0.200 e. The van der Waals surface area contributed by atoms with Crippen LogP contribution in [-0.4, -0.2) is 17.8 Å². The lowest BCUT2D eigenvalue weighted by molar-refractivity contribution is 0.198. The van der Waals surface area contributed by atoms with Gasteiger partial charge in [0, 0.05) is 11.1 Å². The largest absolute Gasteiger partial charge is 0.491 e. The minimum absolute atomic E-state index is 0.0136. The molecular formula is C28H33F3O2. The number of rotatable bonds is 15. The Labute approximate surface area is 195 Å². The second kappa shape index (κ2) is 14.7. The molecule has 0 saturated heterocycles. The Morgan fingerprint density at radius 1 is 0.909 bits per heavy atom. The van der Waals surface area contributed by atoms with Crippen molar-refractivity contribution in [2.45, 2.75) is 32.8 Å². The van der Waals surface area contributed by atoms with Gasteiger partial charge in [-0.3, -0.25) is 0 Å². The van der Waals surface area contributed by atoms with Crippen molar-refractivity contribution >= 4 is 0 Å². The van der Waals surface area contributed by atoms with Gasteiger partial charge in [-0.05, 0) is 55.1 Å². The average molecular weight is 459 g/mol. The SMILES string of the molecule is C=CCCOC(=C)/C(F)=C(/F)C(=C)C(=C)/C=C\C(=C)C(=C)/C(F)=C\C(=C)/C(C)=C/CC(C)O. The first kappa shape index (κ1) is 29.7. The van der Waals surface area contributed by atoms with Gasteiger partial charge < -0.3 is 9.84 Å². The highest BCUT2D eigenvalue weighted by molar-refractivity contribution is 5.54. The fourth-order valence-electron chi connectivity index (χ4n) is 2.11. The molecular weight excluding hydrogens is 425 g/mol. The van der Waals surface area contributed by atoms with Gasteiger partial charge in [-0.25, -0.2) is 8.78 Å². The quantitative estimate of drug-likeness (QED) is 0.116. The standard InChI is InChI=1S/C28H33F3O2/c1-10-11-16-33-25(9)28(31)27(30)24(8)20(4)13-12-19(3)23(7)26(29)17-21(5)18(2)14-15-22(6)32/h10,12-14,17,22,32H,1,3-5,7-9,11,15-16H2,2,6H3/b13-12-,18-14+,26-17+,28-27-. The summed E-state index contributed by atoms with van der Waals surface area (Å²) in [5.74, 6) is -3.67. The third-order valence-corrected chi connectivity index (χ3v) is 4.42. The first-order valence-corrected chi connectivity index (χ1v) is 10.2. The van der Waals surface area contributed by atoms with E-state index in [1.54, 1.807) is 26.0 Å². The number of ether oxygens (including phenoxy) is 1. The van der Waals surface area contributed by atoms with Crippen molar-refractivity contribution in [1.29, 1.82) is 0 Å². The fraction of sp³-hybridized carbons (Fsp3) is 0.214. The summed E-state index contributed by atoms with van der Waals surface area (Å²) in [5.41, 5.74) is 1.03. The summed E-state index contributed by atoms with van der Waals surface area (Å²) in [6, 6.07) is 0. The van der Waals surface area contributed by atoms with E-state index in [0.717, 1.165) is 0 Å². The Balaban J connectivity index is 5.24. The highest BCUT2D eigenvalue weighted by Crippen LogP contribution is 2.28. The molecule has 0 amide bonds. The second-order valence-electron chi connectivity index (χ2n) is 7.31. The number of aliphatic hydroxyl groups excluding tert-OH is 1. The van der Waals surface area contributed by atoms with Crippen molar-refractivity contribution in [3.63, 3.8) is 0 Å². The number of aliphatic hydroxyl groups is 1. The molecule has 0 bridgehead atoms. The lowest BCUT2D eigenvalue weighted by Gasteiger charge is -2.09. The van der Waals surface area contributed by atoms with E-state index < -0.39 is 29.3 Å². The van der Waals surface area contributed by atoms with Crippen molar-refractivity contribution in [3.05, 3.63) is 133 Å². The van der Waals surface area contributed by atoms with E-state index in [1.807, 2.05) is 0 Å². The molecule has 0 aromatic rings. The second-order valence-corrected chi connectivity index (χ2v) is 7.31. The predicted molar refractivity (Wildman–Crippen MR) is 133 cm³/mol. The van der Waals surface area contributed by atoms with Crippen molar-refractivity contribution in [3.8, 4) is 0 Å². The van der Waals surface area contributed by atoms with Gasteiger partial charge in [-0.2, -0.15) is 4.39 Å². The monoisotopic (exact) mass is 458 g/mol. The molecule has 0 aliphatic heterocycles. The lowest BCUT2D eigenvalue weighted by Crippen LogP contribution is -1.97. The first-order chi connectivity index (χ1) is 15.3. The maximum atomic E-state index is 14.5. The molecule has 2 nitrogen and oxygen atoms in total. The third kappa shape index (κ3) is 10.7. The van der Waals surface area contributed by atoms with E-state index in [0.29, 0.717) is 24.0 Å². The van der Waals surface area contributed by atoms with Crippen LogP contribution in [0.2, 0.25) is 0 Å². The molecule has 0 heterocycles. The topological polar surface area (TPSA) is 29.5 Å². The lowest BCUT2D eigenvalue weighted by atomic mass is 10.0. The molecule has 0 rings (SSSR count). The van der Waals surface area contributed by atoms with Gasteiger partial charge >= 0.3 is 0 Å². The van der Waals surface area contributed by atoms with Gasteiger partial charge in [0.25, 0.3) is 0 Å². The number of allylic oxidation sites excluding steroid dienone is 12. The molecule has 1 unspecified atom stereocenters. The third-order valence-electron chi connectivity index (χ3n) is 4.42. The number of hydrogen-bond donors (Lipinski definition) is 1. The summed E-state index contributed by atoms with van der Waals surface area (Å²) in [5, 5.41) is 9.33. The summed E-state index contributed by atoms with van der Waals surface area (Å²) in [4.78, 5) is 0. The van der Waals surface area contributed by atoms with E-state index in [4.69, 9.17) is 4.74 Å². The molecule has 0 radical (unpaired) electrons. The van der Waals surface area contributed by atoms with Crippen molar-refractivity contribution in [2.24, 2.45) is 0 Å². The molecule has 0 saturated carbocycles. The van der Waals surface area contributed by atoms with E-state index >= 15 is 0 Å². The van der Waals surface area contributed by atoms with Crippen LogP contribution in [0.15, 0.2) is 133 Å². The van der Waals surface area contributed by atoms with E-state index in [9.17, 15) is 18.3 Å². The predicted octanol–water partition coefficient (Wildman–Crippen LogP) is 8.15. The van der Waals surface area contributed by atoms with Crippen LogP contribution in [0.4, 0.5) is 13.2 Å². The minimum atomic E-state index is -1.28. The van der Waals surface area contributed by atoms with Crippen LogP contribution in [0.1, 0.15) is 26.7 Å². The zero-order valence-corrected chi connectivity index (χ0v) is 19.5. The summed E-state index contributed by atoms with van der Waals surface area (Å²) in [6.45, 7) is 28.7. The highest BCUT2D eigenvalue weighted by Gasteiger charge is 2.15.